The van der Waals surface area contributed by atoms with E-state index in [9.17, 15) is 4.79 Å². The minimum Gasteiger partial charge on any atom is -0.370 e. The smallest absolute Gasteiger partial charge is 0.218 e. The highest BCUT2D eigenvalue weighted by molar-refractivity contribution is 5.74. The number of amides is 1. The van der Waals surface area contributed by atoms with Crippen LogP contribution in [-0.4, -0.2) is 29.9 Å². The molecular weight excluding hydrogens is 188 g/mol. The van der Waals surface area contributed by atoms with Gasteiger partial charge < -0.3 is 5.73 Å². The zero-order chi connectivity index (χ0) is 11.7. The number of hydrogen-bond acceptors (Lipinski definition) is 2. The van der Waals surface area contributed by atoms with Gasteiger partial charge in [-0.3, -0.25) is 9.69 Å². The molecule has 86 valence electrons. The largest absolute Gasteiger partial charge is 0.370 e. The van der Waals surface area contributed by atoms with Crippen LogP contribution in [0.3, 0.4) is 0 Å². The van der Waals surface area contributed by atoms with Crippen molar-refractivity contribution >= 4 is 5.91 Å². The fourth-order valence-electron chi connectivity index (χ4n) is 1.49. The molecule has 0 saturated heterocycles. The van der Waals surface area contributed by atoms with Crippen molar-refractivity contribution in [1.82, 2.24) is 4.90 Å². The first-order valence-corrected chi connectivity index (χ1v) is 5.36. The zero-order valence-electron chi connectivity index (χ0n) is 9.61. The van der Waals surface area contributed by atoms with Crippen molar-refractivity contribution in [1.29, 1.82) is 0 Å². The fourth-order valence-corrected chi connectivity index (χ4v) is 1.49. The number of nitrogens with zero attached hydrogens (tertiary/aromatic N) is 1. The van der Waals surface area contributed by atoms with Gasteiger partial charge in [-0.1, -0.05) is 12.2 Å². The van der Waals surface area contributed by atoms with E-state index in [4.69, 9.17) is 5.73 Å². The van der Waals surface area contributed by atoms with Crippen molar-refractivity contribution in [3.63, 3.8) is 0 Å². The summed E-state index contributed by atoms with van der Waals surface area (Å²) in [6.45, 7) is 11.3. The van der Waals surface area contributed by atoms with Gasteiger partial charge in [-0.05, 0) is 19.8 Å². The first kappa shape index (κ1) is 13.9. The van der Waals surface area contributed by atoms with Crippen LogP contribution >= 0.6 is 0 Å². The molecule has 1 atom stereocenters. The van der Waals surface area contributed by atoms with E-state index in [1.165, 1.54) is 0 Å². The number of hydrogen-bond donors (Lipinski definition) is 1. The van der Waals surface area contributed by atoms with Crippen LogP contribution in [0.4, 0.5) is 0 Å². The minimum absolute atomic E-state index is 0.197. The molecule has 0 aromatic carbocycles. The lowest BCUT2D eigenvalue weighted by Crippen LogP contribution is -2.37. The Labute approximate surface area is 92.6 Å². The number of carbonyl (C=O) groups excluding carboxylic acids is 1. The average Bonchev–Trinajstić information content (AvgIpc) is 2.17. The number of primary amides is 1. The van der Waals surface area contributed by atoms with Gasteiger partial charge in [0.25, 0.3) is 0 Å². The van der Waals surface area contributed by atoms with Crippen LogP contribution in [0, 0.1) is 0 Å². The molecule has 1 unspecified atom stereocenters. The topological polar surface area (TPSA) is 46.3 Å². The molecule has 0 heterocycles. The van der Waals surface area contributed by atoms with E-state index in [1.54, 1.807) is 0 Å². The van der Waals surface area contributed by atoms with E-state index >= 15 is 0 Å². The summed E-state index contributed by atoms with van der Waals surface area (Å²) in [5, 5.41) is 0. The van der Waals surface area contributed by atoms with Crippen LogP contribution in [0.5, 0.6) is 0 Å². The lowest BCUT2D eigenvalue weighted by molar-refractivity contribution is -0.119. The summed E-state index contributed by atoms with van der Waals surface area (Å²) < 4.78 is 0. The van der Waals surface area contributed by atoms with Gasteiger partial charge in [0, 0.05) is 25.6 Å². The lowest BCUT2D eigenvalue weighted by atomic mass is 10.1. The van der Waals surface area contributed by atoms with Crippen LogP contribution in [0.25, 0.3) is 0 Å². The van der Waals surface area contributed by atoms with Crippen LogP contribution in [-0.2, 0) is 4.79 Å². The van der Waals surface area contributed by atoms with Gasteiger partial charge in [0.1, 0.15) is 0 Å². The number of rotatable bonds is 9. The third-order valence-corrected chi connectivity index (χ3v) is 2.36. The zero-order valence-corrected chi connectivity index (χ0v) is 9.61. The fraction of sp³-hybridized carbons (Fsp3) is 0.583. The van der Waals surface area contributed by atoms with Crippen LogP contribution in [0.2, 0.25) is 0 Å². The second kappa shape index (κ2) is 8.24. The van der Waals surface area contributed by atoms with Crippen LogP contribution < -0.4 is 5.73 Å². The molecule has 0 radical (unpaired) electrons. The summed E-state index contributed by atoms with van der Waals surface area (Å²) in [7, 11) is 0. The van der Waals surface area contributed by atoms with Crippen LogP contribution in [0.15, 0.2) is 25.3 Å². The Kier molecular flexibility index (Phi) is 7.64. The maximum absolute atomic E-state index is 10.8. The van der Waals surface area contributed by atoms with Gasteiger partial charge in [-0.2, -0.15) is 0 Å². The van der Waals surface area contributed by atoms with Crippen molar-refractivity contribution in [2.75, 3.05) is 13.1 Å². The first-order chi connectivity index (χ1) is 7.11. The molecule has 0 bridgehead atoms. The summed E-state index contributed by atoms with van der Waals surface area (Å²) in [6, 6.07) is 0.197. The molecule has 0 rings (SSSR count). The minimum atomic E-state index is -0.246. The maximum Gasteiger partial charge on any atom is 0.218 e. The SMILES string of the molecule is C=CCCN(CCC=C)C(C)CC(N)=O. The van der Waals surface area contributed by atoms with E-state index in [-0.39, 0.29) is 11.9 Å². The molecule has 1 amide bonds. The van der Waals surface area contributed by atoms with Crippen molar-refractivity contribution in [3.8, 4) is 0 Å². The normalized spacial score (nSPS) is 12.4. The summed E-state index contributed by atoms with van der Waals surface area (Å²) in [5.74, 6) is -0.246. The molecule has 3 nitrogen and oxygen atoms in total. The summed E-state index contributed by atoms with van der Waals surface area (Å²) in [4.78, 5) is 13.1. The Balaban J connectivity index is 4.11. The quantitative estimate of drug-likeness (QED) is 0.589. The number of nitrogens with two attached hydrogens (primary N) is 1. The maximum atomic E-state index is 10.8. The van der Waals surface area contributed by atoms with Gasteiger partial charge in [-0.15, -0.1) is 13.2 Å². The summed E-state index contributed by atoms with van der Waals surface area (Å²) in [6.07, 6.45) is 6.05. The van der Waals surface area contributed by atoms with Crippen LogP contribution in [0.1, 0.15) is 26.2 Å². The molecule has 0 fully saturated rings. The monoisotopic (exact) mass is 210 g/mol. The molecule has 0 aliphatic rings. The molecule has 15 heavy (non-hydrogen) atoms. The Bertz CT molecular complexity index is 202. The Morgan fingerprint density at radius 2 is 1.80 bits per heavy atom. The average molecular weight is 210 g/mol. The second-order valence-electron chi connectivity index (χ2n) is 3.71. The molecule has 0 saturated carbocycles. The molecule has 0 aliphatic heterocycles. The van der Waals surface area contributed by atoms with E-state index in [1.807, 2.05) is 19.1 Å². The molecular formula is C12H22N2O. The predicted octanol–water partition coefficient (Wildman–Crippen LogP) is 1.70. The van der Waals surface area contributed by atoms with Crippen molar-refractivity contribution in [2.24, 2.45) is 5.73 Å². The summed E-state index contributed by atoms with van der Waals surface area (Å²) >= 11 is 0. The van der Waals surface area contributed by atoms with Gasteiger partial charge >= 0.3 is 0 Å². The van der Waals surface area contributed by atoms with Gasteiger partial charge in [0.05, 0.1) is 0 Å². The first-order valence-electron chi connectivity index (χ1n) is 5.36. The highest BCUT2D eigenvalue weighted by Crippen LogP contribution is 2.06. The second-order valence-corrected chi connectivity index (χ2v) is 3.71. The van der Waals surface area contributed by atoms with E-state index < -0.39 is 0 Å². The highest BCUT2D eigenvalue weighted by Gasteiger charge is 2.14. The lowest BCUT2D eigenvalue weighted by Gasteiger charge is -2.27. The Hall–Kier alpha value is -1.09. The molecule has 0 aromatic rings. The molecule has 3 heteroatoms. The molecule has 0 aromatic heterocycles. The standard InChI is InChI=1S/C12H22N2O/c1-4-6-8-14(9-7-5-2)11(3)10-12(13)15/h4-5,11H,1-2,6-10H2,3H3,(H2,13,15). The Morgan fingerprint density at radius 3 is 2.13 bits per heavy atom. The van der Waals surface area contributed by atoms with E-state index in [0.29, 0.717) is 6.42 Å². The Morgan fingerprint density at radius 1 is 1.33 bits per heavy atom. The third kappa shape index (κ3) is 6.91. The predicted molar refractivity (Wildman–Crippen MR) is 64.5 cm³/mol. The third-order valence-electron chi connectivity index (χ3n) is 2.36. The molecule has 0 spiro atoms. The van der Waals surface area contributed by atoms with Crippen molar-refractivity contribution in [3.05, 3.63) is 25.3 Å². The number of carbonyl (C=O) groups is 1. The highest BCUT2D eigenvalue weighted by atomic mass is 16.1. The van der Waals surface area contributed by atoms with Gasteiger partial charge in [0.2, 0.25) is 5.91 Å². The van der Waals surface area contributed by atoms with E-state index in [0.717, 1.165) is 25.9 Å². The van der Waals surface area contributed by atoms with Crippen molar-refractivity contribution in [2.45, 2.75) is 32.2 Å². The molecule has 0 aliphatic carbocycles. The van der Waals surface area contributed by atoms with Crippen molar-refractivity contribution < 1.29 is 4.79 Å². The van der Waals surface area contributed by atoms with Gasteiger partial charge in [0.15, 0.2) is 0 Å². The van der Waals surface area contributed by atoms with E-state index in [2.05, 4.69) is 18.1 Å². The van der Waals surface area contributed by atoms with Gasteiger partial charge in [-0.25, -0.2) is 0 Å². The molecule has 2 N–H and O–H groups in total. The summed E-state index contributed by atoms with van der Waals surface area (Å²) in [5.41, 5.74) is 5.18.